The standard InChI is InChI=1S/C14H17NS2/c1-3-10-5-7-11(8-6-10)14-15-12(4-2)13(9-16)17-14/h5-8,16H,3-4,9H2,1-2H3. The van der Waals surface area contributed by atoms with Gasteiger partial charge in [-0.2, -0.15) is 12.6 Å². The van der Waals surface area contributed by atoms with E-state index in [4.69, 9.17) is 4.98 Å². The summed E-state index contributed by atoms with van der Waals surface area (Å²) in [4.78, 5) is 5.99. The summed E-state index contributed by atoms with van der Waals surface area (Å²) in [6.07, 6.45) is 2.07. The number of aromatic nitrogens is 1. The first-order chi connectivity index (χ1) is 8.28. The summed E-state index contributed by atoms with van der Waals surface area (Å²) in [6, 6.07) is 8.70. The quantitative estimate of drug-likeness (QED) is 0.808. The summed E-state index contributed by atoms with van der Waals surface area (Å²) in [5.41, 5.74) is 3.78. The maximum Gasteiger partial charge on any atom is 0.123 e. The van der Waals surface area contributed by atoms with Gasteiger partial charge >= 0.3 is 0 Å². The molecule has 0 bridgehead atoms. The zero-order valence-electron chi connectivity index (χ0n) is 10.2. The van der Waals surface area contributed by atoms with Crippen LogP contribution in [-0.4, -0.2) is 4.98 Å². The molecule has 17 heavy (non-hydrogen) atoms. The monoisotopic (exact) mass is 263 g/mol. The molecule has 0 spiro atoms. The van der Waals surface area contributed by atoms with E-state index in [-0.39, 0.29) is 0 Å². The number of nitrogens with zero attached hydrogens (tertiary/aromatic N) is 1. The number of benzene rings is 1. The highest BCUT2D eigenvalue weighted by molar-refractivity contribution is 7.79. The van der Waals surface area contributed by atoms with Gasteiger partial charge in [0.05, 0.1) is 5.69 Å². The Bertz CT molecular complexity index is 464. The largest absolute Gasteiger partial charge is 0.241 e. The zero-order chi connectivity index (χ0) is 12.3. The van der Waals surface area contributed by atoms with Gasteiger partial charge in [0, 0.05) is 16.2 Å². The third-order valence-electron chi connectivity index (χ3n) is 2.87. The predicted molar refractivity (Wildman–Crippen MR) is 79.0 cm³/mol. The van der Waals surface area contributed by atoms with Crippen molar-refractivity contribution in [3.63, 3.8) is 0 Å². The molecule has 0 aliphatic rings. The van der Waals surface area contributed by atoms with Crippen LogP contribution in [0.5, 0.6) is 0 Å². The van der Waals surface area contributed by atoms with Crippen LogP contribution in [0.2, 0.25) is 0 Å². The van der Waals surface area contributed by atoms with Crippen LogP contribution in [0.3, 0.4) is 0 Å². The molecule has 0 aliphatic heterocycles. The van der Waals surface area contributed by atoms with Crippen LogP contribution in [-0.2, 0) is 18.6 Å². The van der Waals surface area contributed by atoms with Crippen LogP contribution >= 0.6 is 24.0 Å². The smallest absolute Gasteiger partial charge is 0.123 e. The van der Waals surface area contributed by atoms with Gasteiger partial charge in [-0.05, 0) is 18.4 Å². The fraction of sp³-hybridized carbons (Fsp3) is 0.357. The Morgan fingerprint density at radius 1 is 1.12 bits per heavy atom. The number of aryl methyl sites for hydroxylation is 2. The van der Waals surface area contributed by atoms with Crippen molar-refractivity contribution in [1.29, 1.82) is 0 Å². The second-order valence-electron chi connectivity index (χ2n) is 3.95. The van der Waals surface area contributed by atoms with Crippen LogP contribution < -0.4 is 0 Å². The molecule has 1 heterocycles. The normalized spacial score (nSPS) is 10.8. The highest BCUT2D eigenvalue weighted by atomic mass is 32.1. The fourth-order valence-electron chi connectivity index (χ4n) is 1.79. The van der Waals surface area contributed by atoms with Gasteiger partial charge in [-0.1, -0.05) is 38.1 Å². The van der Waals surface area contributed by atoms with Gasteiger partial charge in [0.15, 0.2) is 0 Å². The summed E-state index contributed by atoms with van der Waals surface area (Å²) in [7, 11) is 0. The molecular weight excluding hydrogens is 246 g/mol. The number of hydrogen-bond donors (Lipinski definition) is 1. The highest BCUT2D eigenvalue weighted by Gasteiger charge is 2.09. The minimum Gasteiger partial charge on any atom is -0.241 e. The van der Waals surface area contributed by atoms with Crippen molar-refractivity contribution in [3.8, 4) is 10.6 Å². The summed E-state index contributed by atoms with van der Waals surface area (Å²) < 4.78 is 0. The maximum atomic E-state index is 4.69. The van der Waals surface area contributed by atoms with E-state index in [2.05, 4.69) is 50.7 Å². The van der Waals surface area contributed by atoms with Gasteiger partial charge in [0.25, 0.3) is 0 Å². The topological polar surface area (TPSA) is 12.9 Å². The van der Waals surface area contributed by atoms with E-state index in [1.165, 1.54) is 21.7 Å². The van der Waals surface area contributed by atoms with E-state index in [0.29, 0.717) is 0 Å². The Labute approximate surface area is 112 Å². The Morgan fingerprint density at radius 2 is 1.82 bits per heavy atom. The van der Waals surface area contributed by atoms with Gasteiger partial charge in [-0.3, -0.25) is 0 Å². The molecule has 1 nitrogen and oxygen atoms in total. The van der Waals surface area contributed by atoms with E-state index >= 15 is 0 Å². The van der Waals surface area contributed by atoms with Crippen molar-refractivity contribution in [3.05, 3.63) is 40.4 Å². The van der Waals surface area contributed by atoms with Crippen LogP contribution in [0.25, 0.3) is 10.6 Å². The van der Waals surface area contributed by atoms with E-state index in [0.717, 1.165) is 23.6 Å². The van der Waals surface area contributed by atoms with Crippen molar-refractivity contribution in [2.24, 2.45) is 0 Å². The molecule has 0 amide bonds. The fourth-order valence-corrected chi connectivity index (χ4v) is 3.18. The van der Waals surface area contributed by atoms with Gasteiger partial charge in [0.2, 0.25) is 0 Å². The lowest BCUT2D eigenvalue weighted by Crippen LogP contribution is -1.85. The molecule has 0 atom stereocenters. The van der Waals surface area contributed by atoms with Crippen molar-refractivity contribution in [2.45, 2.75) is 32.4 Å². The number of rotatable bonds is 4. The van der Waals surface area contributed by atoms with Crippen LogP contribution in [0.4, 0.5) is 0 Å². The van der Waals surface area contributed by atoms with Crippen molar-refractivity contribution in [1.82, 2.24) is 4.98 Å². The number of thiazole rings is 1. The third kappa shape index (κ3) is 2.72. The minimum atomic E-state index is 0.786. The lowest BCUT2D eigenvalue weighted by molar-refractivity contribution is 1.04. The van der Waals surface area contributed by atoms with E-state index in [9.17, 15) is 0 Å². The second-order valence-corrected chi connectivity index (χ2v) is 5.35. The van der Waals surface area contributed by atoms with Crippen LogP contribution in [0.15, 0.2) is 24.3 Å². The van der Waals surface area contributed by atoms with Gasteiger partial charge < -0.3 is 0 Å². The summed E-state index contributed by atoms with van der Waals surface area (Å²) >= 11 is 6.12. The molecule has 2 rings (SSSR count). The molecule has 1 aromatic heterocycles. The molecule has 0 N–H and O–H groups in total. The molecule has 1 aromatic carbocycles. The molecule has 0 radical (unpaired) electrons. The summed E-state index contributed by atoms with van der Waals surface area (Å²) in [6.45, 7) is 4.32. The van der Waals surface area contributed by atoms with Gasteiger partial charge in [-0.25, -0.2) is 4.98 Å². The maximum absolute atomic E-state index is 4.69. The van der Waals surface area contributed by atoms with Gasteiger partial charge in [-0.15, -0.1) is 11.3 Å². The summed E-state index contributed by atoms with van der Waals surface area (Å²) in [5.74, 6) is 0.786. The first kappa shape index (κ1) is 12.7. The average molecular weight is 263 g/mol. The molecule has 0 aliphatic carbocycles. The third-order valence-corrected chi connectivity index (χ3v) is 4.54. The highest BCUT2D eigenvalue weighted by Crippen LogP contribution is 2.29. The van der Waals surface area contributed by atoms with E-state index in [1.54, 1.807) is 11.3 Å². The molecule has 0 saturated carbocycles. The van der Waals surface area contributed by atoms with E-state index < -0.39 is 0 Å². The number of hydrogen-bond acceptors (Lipinski definition) is 3. The molecule has 0 saturated heterocycles. The Morgan fingerprint density at radius 3 is 2.29 bits per heavy atom. The van der Waals surface area contributed by atoms with Crippen molar-refractivity contribution >= 4 is 24.0 Å². The molecular formula is C14H17NS2. The Balaban J connectivity index is 2.35. The molecule has 90 valence electrons. The number of thiol groups is 1. The summed E-state index contributed by atoms with van der Waals surface area (Å²) in [5, 5.41) is 1.12. The molecule has 0 unspecified atom stereocenters. The lowest BCUT2D eigenvalue weighted by atomic mass is 10.1. The first-order valence-electron chi connectivity index (χ1n) is 5.97. The molecule has 3 heteroatoms. The minimum absolute atomic E-state index is 0.786. The van der Waals surface area contributed by atoms with Gasteiger partial charge in [0.1, 0.15) is 5.01 Å². The Hall–Kier alpha value is -0.800. The Kier molecular flexibility index (Phi) is 4.24. The van der Waals surface area contributed by atoms with E-state index in [1.807, 2.05) is 0 Å². The SMILES string of the molecule is CCc1ccc(-c2nc(CC)c(CS)s2)cc1. The average Bonchev–Trinajstić information content (AvgIpc) is 2.82. The predicted octanol–water partition coefficient (Wildman–Crippen LogP) is 4.36. The van der Waals surface area contributed by atoms with Crippen molar-refractivity contribution in [2.75, 3.05) is 0 Å². The second kappa shape index (κ2) is 5.69. The first-order valence-corrected chi connectivity index (χ1v) is 7.42. The lowest BCUT2D eigenvalue weighted by Gasteiger charge is -1.98. The molecule has 0 fully saturated rings. The van der Waals surface area contributed by atoms with Crippen LogP contribution in [0.1, 0.15) is 30.0 Å². The van der Waals surface area contributed by atoms with Crippen LogP contribution in [0, 0.1) is 0 Å². The molecule has 2 aromatic rings. The zero-order valence-corrected chi connectivity index (χ0v) is 11.9. The van der Waals surface area contributed by atoms with Crippen molar-refractivity contribution < 1.29 is 0 Å².